The number of aromatic nitrogens is 2. The number of alkyl carbamates (subject to hydrolysis) is 1. The van der Waals surface area contributed by atoms with E-state index in [1.165, 1.54) is 25.5 Å². The van der Waals surface area contributed by atoms with Crippen LogP contribution in [-0.2, 0) is 14.3 Å². The van der Waals surface area contributed by atoms with Gasteiger partial charge in [-0.3, -0.25) is 24.9 Å². The molecular weight excluding hydrogens is 464 g/mol. The summed E-state index contributed by atoms with van der Waals surface area (Å²) >= 11 is 6.04. The first kappa shape index (κ1) is 24.7. The molecule has 1 aliphatic rings. The first-order valence-electron chi connectivity index (χ1n) is 10.2. The zero-order valence-electron chi connectivity index (χ0n) is 18.5. The normalized spacial score (nSPS) is 15.4. The van der Waals surface area contributed by atoms with Gasteiger partial charge in [-0.25, -0.2) is 15.6 Å². The van der Waals surface area contributed by atoms with Crippen LogP contribution in [0.3, 0.4) is 0 Å². The molecule has 12 nitrogen and oxygen atoms in total. The number of hydrazine groups is 1. The lowest BCUT2D eigenvalue weighted by molar-refractivity contribution is -0.132. The zero-order chi connectivity index (χ0) is 25.0. The minimum atomic E-state index is -1.16. The van der Waals surface area contributed by atoms with Crippen LogP contribution in [0.1, 0.15) is 37.1 Å². The van der Waals surface area contributed by atoms with Gasteiger partial charge in [0.25, 0.3) is 0 Å². The Morgan fingerprint density at radius 2 is 1.91 bits per heavy atom. The average Bonchev–Trinajstić information content (AvgIpc) is 3.60. The smallest absolute Gasteiger partial charge is 0.413 e. The van der Waals surface area contributed by atoms with Crippen LogP contribution in [-0.4, -0.2) is 39.9 Å². The van der Waals surface area contributed by atoms with Crippen molar-refractivity contribution in [1.29, 1.82) is 0 Å². The fraction of sp³-hybridized carbons (Fsp3) is 0.286. The van der Waals surface area contributed by atoms with E-state index < -0.39 is 29.4 Å². The van der Waals surface area contributed by atoms with Crippen molar-refractivity contribution >= 4 is 40.9 Å². The maximum Gasteiger partial charge on any atom is 0.413 e. The van der Waals surface area contributed by atoms with Crippen molar-refractivity contribution in [3.8, 4) is 0 Å². The number of carbonyl (C=O) groups is 3. The van der Waals surface area contributed by atoms with Crippen LogP contribution < -0.4 is 27.9 Å². The summed E-state index contributed by atoms with van der Waals surface area (Å²) < 4.78 is 5.35. The first-order chi connectivity index (χ1) is 16.0. The van der Waals surface area contributed by atoms with Crippen molar-refractivity contribution in [1.82, 2.24) is 20.3 Å². The van der Waals surface area contributed by atoms with Gasteiger partial charge >= 0.3 is 6.09 Å². The highest BCUT2D eigenvalue weighted by Crippen LogP contribution is 2.46. The molecule has 0 spiro atoms. The van der Waals surface area contributed by atoms with Crippen LogP contribution in [0.5, 0.6) is 0 Å². The molecule has 0 saturated heterocycles. The zero-order valence-corrected chi connectivity index (χ0v) is 19.3. The fourth-order valence-corrected chi connectivity index (χ4v) is 3.38. The molecule has 8 N–H and O–H groups in total. The largest absolute Gasteiger partial charge is 0.441 e. The number of pyridine rings is 2. The third-order valence-electron chi connectivity index (χ3n) is 5.29. The third-order valence-corrected chi connectivity index (χ3v) is 5.61. The molecule has 2 aromatic heterocycles. The standard InChI is InChI=1S/C21H25ClN8O4/c1-11(13-4-3-9-26-16(13)22)34-20(33)29-17(30(2)25)15(23)14-6-5-12(10-27-14)28-19(32)21(7-8-21)18(24)31/h3-6,9-11H,7-8,23,25H2,1-2H3,(H2,24,31)(H,28,32)(H,29,33)/b17-15-/t11-/m1/s1. The van der Waals surface area contributed by atoms with Crippen LogP contribution in [0, 0.1) is 5.41 Å². The molecule has 13 heteroatoms. The van der Waals surface area contributed by atoms with Crippen molar-refractivity contribution in [2.75, 3.05) is 12.4 Å². The minimum Gasteiger partial charge on any atom is -0.441 e. The van der Waals surface area contributed by atoms with E-state index in [2.05, 4.69) is 20.6 Å². The van der Waals surface area contributed by atoms with Crippen LogP contribution >= 0.6 is 11.6 Å². The van der Waals surface area contributed by atoms with Crippen molar-refractivity contribution in [2.45, 2.75) is 25.9 Å². The van der Waals surface area contributed by atoms with Gasteiger partial charge in [-0.2, -0.15) is 0 Å². The van der Waals surface area contributed by atoms with Crippen LogP contribution in [0.25, 0.3) is 5.70 Å². The quantitative estimate of drug-likeness (QED) is 0.157. The second kappa shape index (κ2) is 9.93. The topological polar surface area (TPSA) is 192 Å². The van der Waals surface area contributed by atoms with Gasteiger partial charge < -0.3 is 21.5 Å². The molecule has 180 valence electrons. The molecule has 1 saturated carbocycles. The third kappa shape index (κ3) is 5.35. The Morgan fingerprint density at radius 1 is 1.21 bits per heavy atom. The van der Waals surface area contributed by atoms with Crippen molar-refractivity contribution in [3.05, 3.63) is 58.9 Å². The molecule has 0 aliphatic heterocycles. The van der Waals surface area contributed by atoms with E-state index in [0.717, 1.165) is 5.01 Å². The van der Waals surface area contributed by atoms with Crippen molar-refractivity contribution in [3.63, 3.8) is 0 Å². The number of anilines is 1. The molecule has 0 unspecified atom stereocenters. The van der Waals surface area contributed by atoms with Gasteiger partial charge in [-0.05, 0) is 38.0 Å². The van der Waals surface area contributed by atoms with Gasteiger partial charge in [0.2, 0.25) is 11.8 Å². The van der Waals surface area contributed by atoms with E-state index in [1.54, 1.807) is 25.1 Å². The summed E-state index contributed by atoms with van der Waals surface area (Å²) in [5, 5.41) is 6.42. The van der Waals surface area contributed by atoms with Gasteiger partial charge in [0.15, 0.2) is 5.82 Å². The molecule has 2 heterocycles. The molecule has 1 aliphatic carbocycles. The molecule has 2 aromatic rings. The van der Waals surface area contributed by atoms with Crippen LogP contribution in [0.15, 0.2) is 42.5 Å². The lowest BCUT2D eigenvalue weighted by Gasteiger charge is -2.21. The molecule has 1 atom stereocenters. The number of hydrogen-bond acceptors (Lipinski definition) is 9. The number of hydrogen-bond donors (Lipinski definition) is 5. The van der Waals surface area contributed by atoms with E-state index >= 15 is 0 Å². The monoisotopic (exact) mass is 488 g/mol. The number of nitrogens with zero attached hydrogens (tertiary/aromatic N) is 3. The number of halogens is 1. The fourth-order valence-electron chi connectivity index (χ4n) is 3.11. The summed E-state index contributed by atoms with van der Waals surface area (Å²) in [7, 11) is 1.47. The lowest BCUT2D eigenvalue weighted by Crippen LogP contribution is -2.39. The summed E-state index contributed by atoms with van der Waals surface area (Å²) in [6, 6.07) is 6.42. The van der Waals surface area contributed by atoms with Crippen molar-refractivity contribution in [2.24, 2.45) is 22.7 Å². The molecule has 1 fully saturated rings. The summed E-state index contributed by atoms with van der Waals surface area (Å²) in [6.07, 6.45) is 2.19. The number of nitrogens with two attached hydrogens (primary N) is 3. The molecule has 3 rings (SSSR count). The summed E-state index contributed by atoms with van der Waals surface area (Å²) in [5.74, 6) is 4.73. The number of carbonyl (C=O) groups excluding carboxylic acids is 3. The van der Waals surface area contributed by atoms with Gasteiger partial charge in [-0.1, -0.05) is 17.7 Å². The Kier molecular flexibility index (Phi) is 7.23. The Bertz CT molecular complexity index is 1130. The number of rotatable bonds is 8. The van der Waals surface area contributed by atoms with E-state index in [0.29, 0.717) is 24.1 Å². The highest BCUT2D eigenvalue weighted by atomic mass is 35.5. The number of amides is 3. The van der Waals surface area contributed by atoms with E-state index in [1.807, 2.05) is 0 Å². The predicted molar refractivity (Wildman–Crippen MR) is 124 cm³/mol. The Hall–Kier alpha value is -3.90. The number of primary amides is 1. The summed E-state index contributed by atoms with van der Waals surface area (Å²) in [4.78, 5) is 44.4. The highest BCUT2D eigenvalue weighted by Gasteiger charge is 2.55. The molecule has 0 bridgehead atoms. The van der Waals surface area contributed by atoms with Gasteiger partial charge in [0, 0.05) is 18.8 Å². The van der Waals surface area contributed by atoms with Crippen LogP contribution in [0.2, 0.25) is 5.15 Å². The van der Waals surface area contributed by atoms with Gasteiger partial charge in [0.05, 0.1) is 17.6 Å². The highest BCUT2D eigenvalue weighted by molar-refractivity contribution is 6.30. The molecule has 0 radical (unpaired) electrons. The van der Waals surface area contributed by atoms with Gasteiger partial charge in [-0.15, -0.1) is 0 Å². The predicted octanol–water partition coefficient (Wildman–Crippen LogP) is 1.21. The summed E-state index contributed by atoms with van der Waals surface area (Å²) in [6.45, 7) is 1.64. The summed E-state index contributed by atoms with van der Waals surface area (Å²) in [5.41, 5.74) is 11.5. The SMILES string of the molecule is C[C@@H](OC(=O)N/C(=C(/N)c1ccc(NC(=O)C2(C(N)=O)CC2)cn1)N(C)N)c1cccnc1Cl. The Labute approximate surface area is 200 Å². The van der Waals surface area contributed by atoms with Crippen molar-refractivity contribution < 1.29 is 19.1 Å². The second-order valence-corrected chi connectivity index (χ2v) is 8.12. The second-order valence-electron chi connectivity index (χ2n) is 7.76. The Morgan fingerprint density at radius 3 is 2.44 bits per heavy atom. The minimum absolute atomic E-state index is 0.0319. The van der Waals surface area contributed by atoms with E-state index in [9.17, 15) is 14.4 Å². The Balaban J connectivity index is 1.70. The first-order valence-corrected chi connectivity index (χ1v) is 10.6. The molecule has 34 heavy (non-hydrogen) atoms. The molecule has 0 aromatic carbocycles. The molecule has 3 amide bonds. The lowest BCUT2D eigenvalue weighted by atomic mass is 10.1. The maximum atomic E-state index is 12.4. The molecular formula is C21H25ClN8O4. The van der Waals surface area contributed by atoms with Crippen LogP contribution in [0.4, 0.5) is 10.5 Å². The maximum absolute atomic E-state index is 12.4. The number of ether oxygens (including phenoxy) is 1. The average molecular weight is 489 g/mol. The van der Waals surface area contributed by atoms with E-state index in [4.69, 9.17) is 33.6 Å². The van der Waals surface area contributed by atoms with Gasteiger partial charge in [0.1, 0.15) is 22.4 Å². The van der Waals surface area contributed by atoms with E-state index in [-0.39, 0.29) is 22.4 Å². The number of nitrogens with one attached hydrogen (secondary N) is 2.